The predicted octanol–water partition coefficient (Wildman–Crippen LogP) is 2.23. The standard InChI is InChI=1S/C18H24N2O6Si/c1-27(2,3)12-14(17(23)26-20-15(21)9-10-16(20)22)19-18(24)25-11-13-7-5-4-6-8-13/h4-8,14H,9-12H2,1-3H3,(H,19,24). The Morgan fingerprint density at radius 3 is 2.26 bits per heavy atom. The maximum absolute atomic E-state index is 12.5. The first kappa shape index (κ1) is 20.6. The first-order valence-corrected chi connectivity index (χ1v) is 12.4. The van der Waals surface area contributed by atoms with Crippen LogP contribution in [0.25, 0.3) is 0 Å². The highest BCUT2D eigenvalue weighted by atomic mass is 28.3. The molecule has 3 amide bonds. The Labute approximate surface area is 158 Å². The van der Waals surface area contributed by atoms with Crippen molar-refractivity contribution in [3.8, 4) is 0 Å². The lowest BCUT2D eigenvalue weighted by Crippen LogP contribution is -2.48. The van der Waals surface area contributed by atoms with Crippen LogP contribution in [0.4, 0.5) is 4.79 Å². The summed E-state index contributed by atoms with van der Waals surface area (Å²) in [5.41, 5.74) is 0.810. The van der Waals surface area contributed by atoms with E-state index < -0.39 is 38.0 Å². The number of rotatable bonds is 7. The lowest BCUT2D eigenvalue weighted by atomic mass is 10.2. The summed E-state index contributed by atoms with van der Waals surface area (Å²) in [7, 11) is -1.79. The van der Waals surface area contributed by atoms with E-state index in [-0.39, 0.29) is 19.4 Å². The highest BCUT2D eigenvalue weighted by molar-refractivity contribution is 6.76. The van der Waals surface area contributed by atoms with E-state index in [9.17, 15) is 19.2 Å². The number of carbonyl (C=O) groups excluding carboxylic acids is 4. The Bertz CT molecular complexity index is 700. The molecule has 146 valence electrons. The molecule has 0 aromatic heterocycles. The van der Waals surface area contributed by atoms with Crippen LogP contribution in [0, 0.1) is 0 Å². The van der Waals surface area contributed by atoms with Crippen molar-refractivity contribution in [3.63, 3.8) is 0 Å². The molecule has 1 aromatic rings. The summed E-state index contributed by atoms with van der Waals surface area (Å²) in [5, 5.41) is 2.98. The molecule has 1 N–H and O–H groups in total. The summed E-state index contributed by atoms with van der Waals surface area (Å²) >= 11 is 0. The van der Waals surface area contributed by atoms with Gasteiger partial charge in [0.2, 0.25) is 0 Å². The predicted molar refractivity (Wildman–Crippen MR) is 98.9 cm³/mol. The quantitative estimate of drug-likeness (QED) is 0.564. The maximum Gasteiger partial charge on any atom is 0.408 e. The topological polar surface area (TPSA) is 102 Å². The van der Waals surface area contributed by atoms with Gasteiger partial charge >= 0.3 is 12.1 Å². The van der Waals surface area contributed by atoms with E-state index >= 15 is 0 Å². The first-order valence-electron chi connectivity index (χ1n) is 8.70. The number of hydroxylamine groups is 2. The highest BCUT2D eigenvalue weighted by Crippen LogP contribution is 2.17. The number of ether oxygens (including phenoxy) is 1. The molecule has 1 atom stereocenters. The van der Waals surface area contributed by atoms with Gasteiger partial charge in [-0.15, -0.1) is 5.06 Å². The molecule has 0 bridgehead atoms. The second kappa shape index (κ2) is 8.80. The Morgan fingerprint density at radius 2 is 1.70 bits per heavy atom. The van der Waals surface area contributed by atoms with E-state index in [1.165, 1.54) is 0 Å². The highest BCUT2D eigenvalue weighted by Gasteiger charge is 2.37. The van der Waals surface area contributed by atoms with E-state index in [2.05, 4.69) is 5.32 Å². The van der Waals surface area contributed by atoms with Crippen molar-refractivity contribution < 1.29 is 28.8 Å². The Morgan fingerprint density at radius 1 is 1.11 bits per heavy atom. The number of nitrogens with zero attached hydrogens (tertiary/aromatic N) is 1. The maximum atomic E-state index is 12.5. The molecule has 2 rings (SSSR count). The Hall–Kier alpha value is -2.68. The SMILES string of the molecule is C[Si](C)(C)CC(NC(=O)OCc1ccccc1)C(=O)ON1C(=O)CCC1=O. The molecule has 1 aliphatic rings. The number of amides is 3. The third-order valence-corrected chi connectivity index (χ3v) is 5.43. The molecule has 1 unspecified atom stereocenters. The molecular weight excluding hydrogens is 368 g/mol. The molecule has 0 aliphatic carbocycles. The fourth-order valence-corrected chi connectivity index (χ4v) is 4.02. The number of hydrogen-bond acceptors (Lipinski definition) is 6. The zero-order chi connectivity index (χ0) is 20.0. The molecule has 8 nitrogen and oxygen atoms in total. The van der Waals surface area contributed by atoms with E-state index in [0.29, 0.717) is 11.1 Å². The van der Waals surface area contributed by atoms with Gasteiger partial charge in [0, 0.05) is 20.9 Å². The third kappa shape index (κ3) is 6.52. The molecule has 1 saturated heterocycles. The van der Waals surface area contributed by atoms with Gasteiger partial charge in [-0.1, -0.05) is 50.0 Å². The van der Waals surface area contributed by atoms with Crippen LogP contribution >= 0.6 is 0 Å². The normalized spacial score (nSPS) is 15.4. The number of carbonyl (C=O) groups is 4. The van der Waals surface area contributed by atoms with Crippen LogP contribution in [0.5, 0.6) is 0 Å². The zero-order valence-electron chi connectivity index (χ0n) is 15.7. The molecular formula is C18H24N2O6Si. The van der Waals surface area contributed by atoms with E-state index in [0.717, 1.165) is 5.56 Å². The summed E-state index contributed by atoms with van der Waals surface area (Å²) in [5.74, 6) is -1.98. The average molecular weight is 392 g/mol. The minimum atomic E-state index is -1.79. The van der Waals surface area contributed by atoms with Crippen molar-refractivity contribution in [2.45, 2.75) is 51.2 Å². The third-order valence-electron chi connectivity index (χ3n) is 3.79. The average Bonchev–Trinajstić information content (AvgIpc) is 2.91. The minimum Gasteiger partial charge on any atom is -0.445 e. The van der Waals surface area contributed by atoms with Crippen molar-refractivity contribution in [1.82, 2.24) is 10.4 Å². The summed E-state index contributed by atoms with van der Waals surface area (Å²) < 4.78 is 5.15. The van der Waals surface area contributed by atoms with Gasteiger partial charge in [0.25, 0.3) is 11.8 Å². The second-order valence-electron chi connectivity index (χ2n) is 7.52. The molecule has 0 spiro atoms. The number of imide groups is 1. The van der Waals surface area contributed by atoms with Gasteiger partial charge in [0.1, 0.15) is 12.6 Å². The van der Waals surface area contributed by atoms with Gasteiger partial charge in [-0.05, 0) is 11.6 Å². The number of hydrogen-bond donors (Lipinski definition) is 1. The monoisotopic (exact) mass is 392 g/mol. The van der Waals surface area contributed by atoms with Crippen molar-refractivity contribution in [1.29, 1.82) is 0 Å². The van der Waals surface area contributed by atoms with Crippen LogP contribution in [0.1, 0.15) is 18.4 Å². The number of benzene rings is 1. The minimum absolute atomic E-state index is 0.0113. The number of nitrogens with one attached hydrogen (secondary N) is 1. The molecule has 1 fully saturated rings. The van der Waals surface area contributed by atoms with E-state index in [4.69, 9.17) is 9.57 Å². The van der Waals surface area contributed by atoms with Gasteiger partial charge in [-0.3, -0.25) is 9.59 Å². The van der Waals surface area contributed by atoms with Crippen LogP contribution in [0.3, 0.4) is 0 Å². The van der Waals surface area contributed by atoms with Crippen LogP contribution in [-0.2, 0) is 30.6 Å². The second-order valence-corrected chi connectivity index (χ2v) is 13.0. The number of alkyl carbamates (subject to hydrolysis) is 1. The van der Waals surface area contributed by atoms with Gasteiger partial charge < -0.3 is 14.9 Å². The van der Waals surface area contributed by atoms with Crippen LogP contribution < -0.4 is 5.32 Å². The summed E-state index contributed by atoms with van der Waals surface area (Å²) in [6.45, 7) is 6.13. The fraction of sp³-hybridized carbons (Fsp3) is 0.444. The Balaban J connectivity index is 1.98. The summed E-state index contributed by atoms with van der Waals surface area (Å²) in [4.78, 5) is 52.8. The van der Waals surface area contributed by atoms with Gasteiger partial charge in [-0.25, -0.2) is 9.59 Å². The lowest BCUT2D eigenvalue weighted by molar-refractivity contribution is -0.198. The summed E-state index contributed by atoms with van der Waals surface area (Å²) in [6.07, 6.45) is -0.743. The van der Waals surface area contributed by atoms with Gasteiger partial charge in [0.05, 0.1) is 0 Å². The van der Waals surface area contributed by atoms with Crippen LogP contribution in [-0.4, -0.2) is 43.1 Å². The van der Waals surface area contributed by atoms with Crippen molar-refractivity contribution >= 4 is 32.0 Å². The molecule has 0 saturated carbocycles. The Kier molecular flexibility index (Phi) is 6.73. The molecule has 9 heteroatoms. The molecule has 0 radical (unpaired) electrons. The molecule has 1 aromatic carbocycles. The summed E-state index contributed by atoms with van der Waals surface area (Å²) in [6, 6.07) is 8.50. The first-order chi connectivity index (χ1) is 12.7. The zero-order valence-corrected chi connectivity index (χ0v) is 16.7. The van der Waals surface area contributed by atoms with Crippen molar-refractivity contribution in [3.05, 3.63) is 35.9 Å². The molecule has 1 heterocycles. The largest absolute Gasteiger partial charge is 0.445 e. The fourth-order valence-electron chi connectivity index (χ4n) is 2.52. The smallest absolute Gasteiger partial charge is 0.408 e. The van der Waals surface area contributed by atoms with Crippen LogP contribution in [0.2, 0.25) is 25.7 Å². The van der Waals surface area contributed by atoms with E-state index in [1.54, 1.807) is 0 Å². The van der Waals surface area contributed by atoms with Crippen LogP contribution in [0.15, 0.2) is 30.3 Å². The van der Waals surface area contributed by atoms with Gasteiger partial charge in [0.15, 0.2) is 0 Å². The lowest BCUT2D eigenvalue weighted by Gasteiger charge is -2.25. The van der Waals surface area contributed by atoms with Gasteiger partial charge in [-0.2, -0.15) is 0 Å². The van der Waals surface area contributed by atoms with Crippen molar-refractivity contribution in [2.24, 2.45) is 0 Å². The molecule has 27 heavy (non-hydrogen) atoms. The van der Waals surface area contributed by atoms with Crippen molar-refractivity contribution in [2.75, 3.05) is 0 Å². The molecule has 1 aliphatic heterocycles. The van der Waals surface area contributed by atoms with E-state index in [1.807, 2.05) is 50.0 Å².